The highest BCUT2D eigenvalue weighted by molar-refractivity contribution is 5.98. The highest BCUT2D eigenvalue weighted by atomic mass is 19.1. The lowest BCUT2D eigenvalue weighted by molar-refractivity contribution is -0.385. The number of hydrogen-bond donors (Lipinski definition) is 2. The van der Waals surface area contributed by atoms with Crippen LogP contribution in [0.25, 0.3) is 0 Å². The summed E-state index contributed by atoms with van der Waals surface area (Å²) in [7, 11) is 0. The summed E-state index contributed by atoms with van der Waals surface area (Å²) in [5, 5.41) is 16.9. The molecule has 1 saturated heterocycles. The quantitative estimate of drug-likeness (QED) is 0.651. The van der Waals surface area contributed by atoms with Crippen LogP contribution in [0, 0.1) is 15.9 Å². The standard InChI is InChI=1S/C13H16FN3O3/c1-8-6-10(4-5-15-8)16-13(18)11-7-9(14)2-3-12(11)17(19)20/h2-3,7-8,10,15H,4-6H2,1H3,(H,16,18). The molecule has 1 amide bonds. The Morgan fingerprint density at radius 3 is 2.95 bits per heavy atom. The molecule has 1 fully saturated rings. The molecule has 2 rings (SSSR count). The van der Waals surface area contributed by atoms with E-state index in [-0.39, 0.29) is 23.3 Å². The van der Waals surface area contributed by atoms with Gasteiger partial charge >= 0.3 is 0 Å². The number of halogens is 1. The van der Waals surface area contributed by atoms with Gasteiger partial charge in [0, 0.05) is 18.2 Å². The highest BCUT2D eigenvalue weighted by Gasteiger charge is 2.25. The van der Waals surface area contributed by atoms with E-state index in [0.29, 0.717) is 0 Å². The van der Waals surface area contributed by atoms with Gasteiger partial charge in [-0.1, -0.05) is 0 Å². The number of amides is 1. The van der Waals surface area contributed by atoms with Crippen LogP contribution < -0.4 is 10.6 Å². The van der Waals surface area contributed by atoms with E-state index in [2.05, 4.69) is 10.6 Å². The zero-order valence-electron chi connectivity index (χ0n) is 11.1. The Hall–Kier alpha value is -2.02. The van der Waals surface area contributed by atoms with E-state index in [1.54, 1.807) is 0 Å². The van der Waals surface area contributed by atoms with Crippen LogP contribution in [0.2, 0.25) is 0 Å². The van der Waals surface area contributed by atoms with Crippen LogP contribution in [0.5, 0.6) is 0 Å². The molecule has 1 aliphatic heterocycles. The molecule has 0 aromatic heterocycles. The van der Waals surface area contributed by atoms with Gasteiger partial charge in [0.1, 0.15) is 11.4 Å². The normalized spacial score (nSPS) is 22.3. The molecule has 1 heterocycles. The maximum atomic E-state index is 13.2. The van der Waals surface area contributed by atoms with Gasteiger partial charge in [0.05, 0.1) is 4.92 Å². The van der Waals surface area contributed by atoms with Gasteiger partial charge in [0.15, 0.2) is 0 Å². The molecule has 0 bridgehead atoms. The number of nitrogens with zero attached hydrogens (tertiary/aromatic N) is 1. The molecule has 108 valence electrons. The molecule has 20 heavy (non-hydrogen) atoms. The predicted octanol–water partition coefficient (Wildman–Crippen LogP) is 1.60. The van der Waals surface area contributed by atoms with Crippen LogP contribution in [-0.4, -0.2) is 29.5 Å². The van der Waals surface area contributed by atoms with E-state index in [9.17, 15) is 19.3 Å². The Balaban J connectivity index is 2.16. The topological polar surface area (TPSA) is 84.3 Å². The zero-order valence-corrected chi connectivity index (χ0v) is 11.1. The summed E-state index contributed by atoms with van der Waals surface area (Å²) in [5.41, 5.74) is -0.618. The Morgan fingerprint density at radius 1 is 1.55 bits per heavy atom. The molecule has 0 radical (unpaired) electrons. The van der Waals surface area contributed by atoms with Crippen molar-refractivity contribution in [2.45, 2.75) is 31.8 Å². The number of benzene rings is 1. The average Bonchev–Trinajstić information content (AvgIpc) is 2.38. The van der Waals surface area contributed by atoms with E-state index in [0.717, 1.165) is 37.6 Å². The lowest BCUT2D eigenvalue weighted by Crippen LogP contribution is -2.46. The van der Waals surface area contributed by atoms with Crippen LogP contribution in [0.3, 0.4) is 0 Å². The van der Waals surface area contributed by atoms with E-state index in [1.807, 2.05) is 6.92 Å². The fraction of sp³-hybridized carbons (Fsp3) is 0.462. The van der Waals surface area contributed by atoms with Crippen molar-refractivity contribution in [1.82, 2.24) is 10.6 Å². The predicted molar refractivity (Wildman–Crippen MR) is 71.0 cm³/mol. The molecule has 1 aliphatic rings. The molecule has 0 aliphatic carbocycles. The summed E-state index contributed by atoms with van der Waals surface area (Å²) in [6, 6.07) is 3.10. The fourth-order valence-corrected chi connectivity index (χ4v) is 2.38. The first-order chi connectivity index (χ1) is 9.47. The van der Waals surface area contributed by atoms with Crippen molar-refractivity contribution >= 4 is 11.6 Å². The van der Waals surface area contributed by atoms with Crippen LogP contribution in [0.15, 0.2) is 18.2 Å². The third-order valence-electron chi connectivity index (χ3n) is 3.36. The van der Waals surface area contributed by atoms with Gasteiger partial charge < -0.3 is 10.6 Å². The Labute approximate surface area is 115 Å². The Bertz CT molecular complexity index is 536. The van der Waals surface area contributed by atoms with Crippen LogP contribution in [-0.2, 0) is 0 Å². The summed E-state index contributed by atoms with van der Waals surface area (Å²) in [6.45, 7) is 2.78. The van der Waals surface area contributed by atoms with Gasteiger partial charge in [0.25, 0.3) is 11.6 Å². The Morgan fingerprint density at radius 2 is 2.30 bits per heavy atom. The molecule has 7 heteroatoms. The van der Waals surface area contributed by atoms with Gasteiger partial charge in [-0.3, -0.25) is 14.9 Å². The first-order valence-electron chi connectivity index (χ1n) is 6.45. The number of nitrogens with one attached hydrogen (secondary N) is 2. The first kappa shape index (κ1) is 14.4. The number of carbonyl (C=O) groups excluding carboxylic acids is 1. The van der Waals surface area contributed by atoms with Crippen molar-refractivity contribution in [3.8, 4) is 0 Å². The number of piperidine rings is 1. The SMILES string of the molecule is CC1CC(NC(=O)c2cc(F)ccc2[N+](=O)[O-])CCN1. The van der Waals surface area contributed by atoms with Gasteiger partial charge in [-0.25, -0.2) is 4.39 Å². The van der Waals surface area contributed by atoms with E-state index in [1.165, 1.54) is 0 Å². The minimum Gasteiger partial charge on any atom is -0.349 e. The van der Waals surface area contributed by atoms with Gasteiger partial charge in [0.2, 0.25) is 0 Å². The molecular formula is C13H16FN3O3. The minimum atomic E-state index is -0.681. The van der Waals surface area contributed by atoms with Gasteiger partial charge in [-0.2, -0.15) is 0 Å². The van der Waals surface area contributed by atoms with Crippen LogP contribution in [0.1, 0.15) is 30.1 Å². The summed E-state index contributed by atoms with van der Waals surface area (Å²) in [6.07, 6.45) is 1.49. The van der Waals surface area contributed by atoms with E-state index in [4.69, 9.17) is 0 Å². The smallest absolute Gasteiger partial charge is 0.282 e. The van der Waals surface area contributed by atoms with E-state index >= 15 is 0 Å². The molecule has 1 aromatic carbocycles. The number of carbonyl (C=O) groups is 1. The monoisotopic (exact) mass is 281 g/mol. The lowest BCUT2D eigenvalue weighted by Gasteiger charge is -2.28. The third-order valence-corrected chi connectivity index (χ3v) is 3.36. The maximum Gasteiger partial charge on any atom is 0.282 e. The van der Waals surface area contributed by atoms with Crippen molar-refractivity contribution in [3.63, 3.8) is 0 Å². The number of rotatable bonds is 3. The van der Waals surface area contributed by atoms with Crippen LogP contribution >= 0.6 is 0 Å². The molecule has 2 N–H and O–H groups in total. The summed E-state index contributed by atoms with van der Waals surface area (Å²) < 4.78 is 13.2. The zero-order chi connectivity index (χ0) is 14.7. The number of nitro benzene ring substituents is 1. The summed E-state index contributed by atoms with van der Waals surface area (Å²) >= 11 is 0. The first-order valence-corrected chi connectivity index (χ1v) is 6.45. The minimum absolute atomic E-state index is 0.0541. The molecule has 6 nitrogen and oxygen atoms in total. The Kier molecular flexibility index (Phi) is 4.29. The largest absolute Gasteiger partial charge is 0.349 e. The number of nitro groups is 1. The average molecular weight is 281 g/mol. The number of hydrogen-bond acceptors (Lipinski definition) is 4. The second kappa shape index (κ2) is 5.96. The van der Waals surface area contributed by atoms with Gasteiger partial charge in [-0.05, 0) is 38.4 Å². The summed E-state index contributed by atoms with van der Waals surface area (Å²) in [5.74, 6) is -1.27. The molecule has 1 aromatic rings. The van der Waals surface area contributed by atoms with Crippen molar-refractivity contribution in [2.75, 3.05) is 6.54 Å². The third kappa shape index (κ3) is 3.30. The van der Waals surface area contributed by atoms with E-state index < -0.39 is 16.6 Å². The second-order valence-corrected chi connectivity index (χ2v) is 4.97. The molecule has 0 saturated carbocycles. The maximum absolute atomic E-state index is 13.2. The van der Waals surface area contributed by atoms with Crippen molar-refractivity contribution in [1.29, 1.82) is 0 Å². The molecule has 0 spiro atoms. The molecular weight excluding hydrogens is 265 g/mol. The van der Waals surface area contributed by atoms with Crippen molar-refractivity contribution in [2.24, 2.45) is 0 Å². The molecule has 2 unspecified atom stereocenters. The fourth-order valence-electron chi connectivity index (χ4n) is 2.38. The highest BCUT2D eigenvalue weighted by Crippen LogP contribution is 2.20. The van der Waals surface area contributed by atoms with Crippen molar-refractivity contribution in [3.05, 3.63) is 39.7 Å². The molecule has 2 atom stereocenters. The summed E-state index contributed by atoms with van der Waals surface area (Å²) in [4.78, 5) is 22.3. The second-order valence-electron chi connectivity index (χ2n) is 4.97. The lowest BCUT2D eigenvalue weighted by atomic mass is 10.00. The van der Waals surface area contributed by atoms with Crippen molar-refractivity contribution < 1.29 is 14.1 Å². The van der Waals surface area contributed by atoms with Gasteiger partial charge in [-0.15, -0.1) is 0 Å². The van der Waals surface area contributed by atoms with Crippen LogP contribution in [0.4, 0.5) is 10.1 Å².